The van der Waals surface area contributed by atoms with E-state index in [-0.39, 0.29) is 43.3 Å². The summed E-state index contributed by atoms with van der Waals surface area (Å²) < 4.78 is 41.8. The third-order valence-corrected chi connectivity index (χ3v) is 6.69. The molecule has 1 unspecified atom stereocenters. The minimum absolute atomic E-state index is 0.0767. The largest absolute Gasteiger partial charge is 0.416 e. The Bertz CT molecular complexity index is 1590. The lowest BCUT2D eigenvalue weighted by atomic mass is 10.1. The van der Waals surface area contributed by atoms with Gasteiger partial charge in [0.25, 0.3) is 5.56 Å². The first-order valence-corrected chi connectivity index (χ1v) is 12.3. The van der Waals surface area contributed by atoms with E-state index in [1.54, 1.807) is 4.90 Å². The average Bonchev–Trinajstić information content (AvgIpc) is 3.50. The minimum atomic E-state index is -4.48. The number of alkyl halides is 3. The van der Waals surface area contributed by atoms with Crippen LogP contribution in [0.3, 0.4) is 0 Å². The average molecular weight is 539 g/mol. The zero-order valence-electron chi connectivity index (χ0n) is 21.0. The maximum Gasteiger partial charge on any atom is 0.416 e. The number of nitrogens with zero attached hydrogens (tertiary/aromatic N) is 5. The molecule has 4 aromatic rings. The van der Waals surface area contributed by atoms with E-state index in [0.29, 0.717) is 17.8 Å². The van der Waals surface area contributed by atoms with Gasteiger partial charge in [0.15, 0.2) is 5.65 Å². The van der Waals surface area contributed by atoms with Crippen LogP contribution in [0.15, 0.2) is 65.8 Å². The van der Waals surface area contributed by atoms with E-state index in [2.05, 4.69) is 15.4 Å². The zero-order chi connectivity index (χ0) is 27.7. The van der Waals surface area contributed by atoms with E-state index < -0.39 is 23.2 Å². The molecule has 0 aliphatic carbocycles. The molecule has 1 saturated heterocycles. The van der Waals surface area contributed by atoms with Crippen LogP contribution >= 0.6 is 0 Å². The summed E-state index contributed by atoms with van der Waals surface area (Å²) in [7, 11) is 0. The molecule has 12 heteroatoms. The molecule has 1 aliphatic rings. The molecule has 3 heterocycles. The van der Waals surface area contributed by atoms with Crippen molar-refractivity contribution in [2.24, 2.45) is 5.92 Å². The van der Waals surface area contributed by atoms with Gasteiger partial charge in [-0.1, -0.05) is 29.8 Å². The van der Waals surface area contributed by atoms with Crippen molar-refractivity contribution in [3.63, 3.8) is 0 Å². The van der Waals surface area contributed by atoms with Gasteiger partial charge in [-0.05, 0) is 36.8 Å². The molecular formula is C27H25F3N6O3. The highest BCUT2D eigenvalue weighted by atomic mass is 19.4. The van der Waals surface area contributed by atoms with Crippen LogP contribution in [-0.2, 0) is 28.9 Å². The molecule has 0 bridgehead atoms. The van der Waals surface area contributed by atoms with E-state index in [1.807, 2.05) is 31.2 Å². The van der Waals surface area contributed by atoms with Crippen molar-refractivity contribution < 1.29 is 22.8 Å². The normalized spacial score (nSPS) is 15.7. The predicted molar refractivity (Wildman–Crippen MR) is 137 cm³/mol. The van der Waals surface area contributed by atoms with E-state index >= 15 is 0 Å². The smallest absolute Gasteiger partial charge is 0.354 e. The van der Waals surface area contributed by atoms with Crippen LogP contribution in [0.4, 0.5) is 18.9 Å². The standard InChI is InChI=1S/C27H25F3N6O3/c1-17-5-7-21(8-6-17)35-15-19(12-23(35)37)25(38)31-9-10-36-24-22(13-33-36)26(39)34(16-32-24)14-18-3-2-4-20(11-18)27(28,29)30/h2-8,11,13,16,19H,9-10,12,14-15H2,1H3,(H,31,38). The van der Waals surface area contributed by atoms with E-state index in [0.717, 1.165) is 23.4 Å². The van der Waals surface area contributed by atoms with Gasteiger partial charge in [0, 0.05) is 25.2 Å². The van der Waals surface area contributed by atoms with Crippen molar-refractivity contribution in [2.75, 3.05) is 18.0 Å². The lowest BCUT2D eigenvalue weighted by Crippen LogP contribution is -2.35. The van der Waals surface area contributed by atoms with Crippen LogP contribution in [0, 0.1) is 12.8 Å². The van der Waals surface area contributed by atoms with Crippen molar-refractivity contribution in [3.05, 3.63) is 88.1 Å². The van der Waals surface area contributed by atoms with Gasteiger partial charge in [-0.3, -0.25) is 19.0 Å². The van der Waals surface area contributed by atoms with Crippen LogP contribution in [-0.4, -0.2) is 44.2 Å². The molecule has 2 amide bonds. The molecule has 5 rings (SSSR count). The van der Waals surface area contributed by atoms with Crippen LogP contribution in [0.1, 0.15) is 23.1 Å². The van der Waals surface area contributed by atoms with Crippen molar-refractivity contribution >= 4 is 28.5 Å². The van der Waals surface area contributed by atoms with Gasteiger partial charge < -0.3 is 10.2 Å². The molecule has 202 valence electrons. The highest BCUT2D eigenvalue weighted by Crippen LogP contribution is 2.29. The number of nitrogens with one attached hydrogen (secondary N) is 1. The second-order valence-electron chi connectivity index (χ2n) is 9.51. The van der Waals surface area contributed by atoms with E-state index in [4.69, 9.17) is 0 Å². The second-order valence-corrected chi connectivity index (χ2v) is 9.51. The molecule has 1 N–H and O–H groups in total. The first kappa shape index (κ1) is 26.1. The Morgan fingerprint density at radius 1 is 1.13 bits per heavy atom. The van der Waals surface area contributed by atoms with E-state index in [9.17, 15) is 27.6 Å². The summed E-state index contributed by atoms with van der Waals surface area (Å²) in [5, 5.41) is 7.23. The quantitative estimate of drug-likeness (QED) is 0.390. The van der Waals surface area contributed by atoms with Crippen LogP contribution < -0.4 is 15.8 Å². The fourth-order valence-corrected chi connectivity index (χ4v) is 4.60. The summed E-state index contributed by atoms with van der Waals surface area (Å²) in [6.45, 7) is 2.63. The third-order valence-electron chi connectivity index (χ3n) is 6.69. The lowest BCUT2D eigenvalue weighted by Gasteiger charge is -2.17. The molecule has 0 saturated carbocycles. The molecule has 2 aromatic heterocycles. The van der Waals surface area contributed by atoms with E-state index in [1.165, 1.54) is 33.9 Å². The molecule has 1 atom stereocenters. The summed E-state index contributed by atoms with van der Waals surface area (Å²) in [6.07, 6.45) is -1.74. The fraction of sp³-hybridized carbons (Fsp3) is 0.296. The second kappa shape index (κ2) is 10.4. The number of carbonyl (C=O) groups excluding carboxylic acids is 2. The highest BCUT2D eigenvalue weighted by molar-refractivity contribution is 6.00. The van der Waals surface area contributed by atoms with Gasteiger partial charge in [0.1, 0.15) is 11.7 Å². The fourth-order valence-electron chi connectivity index (χ4n) is 4.60. The number of hydrogen-bond acceptors (Lipinski definition) is 5. The number of aryl methyl sites for hydroxylation is 1. The summed E-state index contributed by atoms with van der Waals surface area (Å²) in [5.74, 6) is -0.831. The highest BCUT2D eigenvalue weighted by Gasteiger charge is 2.35. The number of aromatic nitrogens is 4. The van der Waals surface area contributed by atoms with Crippen molar-refractivity contribution in [2.45, 2.75) is 32.6 Å². The Hall–Kier alpha value is -4.48. The molecule has 0 spiro atoms. The molecular weight excluding hydrogens is 513 g/mol. The van der Waals surface area contributed by atoms with Gasteiger partial charge in [-0.2, -0.15) is 18.3 Å². The molecule has 1 fully saturated rings. The van der Waals surface area contributed by atoms with Gasteiger partial charge in [0.05, 0.1) is 30.8 Å². The number of amides is 2. The number of rotatable bonds is 7. The Balaban J connectivity index is 1.21. The summed E-state index contributed by atoms with van der Waals surface area (Å²) in [6, 6.07) is 12.3. The Labute approximate surface area is 220 Å². The summed E-state index contributed by atoms with van der Waals surface area (Å²) in [5.41, 5.74) is 1.23. The Kier molecular flexibility index (Phi) is 6.94. The number of anilines is 1. The monoisotopic (exact) mass is 538 g/mol. The van der Waals surface area contributed by atoms with Gasteiger partial charge in [0.2, 0.25) is 11.8 Å². The van der Waals surface area contributed by atoms with Crippen LogP contribution in [0.25, 0.3) is 11.0 Å². The maximum absolute atomic E-state index is 13.0. The summed E-state index contributed by atoms with van der Waals surface area (Å²) in [4.78, 5) is 44.0. The number of benzene rings is 2. The molecule has 39 heavy (non-hydrogen) atoms. The third kappa shape index (κ3) is 5.54. The maximum atomic E-state index is 13.0. The Morgan fingerprint density at radius 2 is 1.90 bits per heavy atom. The molecule has 9 nitrogen and oxygen atoms in total. The molecule has 1 aliphatic heterocycles. The SMILES string of the molecule is Cc1ccc(N2CC(C(=O)NCCn3ncc4c(=O)n(Cc5cccc(C(F)(F)F)c5)cnc43)CC2=O)cc1. The van der Waals surface area contributed by atoms with Gasteiger partial charge >= 0.3 is 6.18 Å². The van der Waals surface area contributed by atoms with Crippen molar-refractivity contribution in [1.82, 2.24) is 24.6 Å². The molecule has 0 radical (unpaired) electrons. The van der Waals surface area contributed by atoms with Crippen molar-refractivity contribution in [1.29, 1.82) is 0 Å². The Morgan fingerprint density at radius 3 is 2.64 bits per heavy atom. The van der Waals surface area contributed by atoms with Crippen molar-refractivity contribution in [3.8, 4) is 0 Å². The first-order valence-electron chi connectivity index (χ1n) is 12.3. The summed E-state index contributed by atoms with van der Waals surface area (Å²) >= 11 is 0. The van der Waals surface area contributed by atoms with Gasteiger partial charge in [-0.25, -0.2) is 9.67 Å². The van der Waals surface area contributed by atoms with Crippen LogP contribution in [0.5, 0.6) is 0 Å². The first-order chi connectivity index (χ1) is 18.6. The number of fused-ring (bicyclic) bond motifs is 1. The topological polar surface area (TPSA) is 102 Å². The predicted octanol–water partition coefficient (Wildman–Crippen LogP) is 3.14. The number of carbonyl (C=O) groups is 2. The number of halogens is 3. The lowest BCUT2D eigenvalue weighted by molar-refractivity contribution is -0.137. The molecule has 2 aromatic carbocycles. The number of hydrogen-bond donors (Lipinski definition) is 1. The van der Waals surface area contributed by atoms with Crippen LogP contribution in [0.2, 0.25) is 0 Å². The minimum Gasteiger partial charge on any atom is -0.354 e. The van der Waals surface area contributed by atoms with Gasteiger partial charge in [-0.15, -0.1) is 0 Å². The zero-order valence-corrected chi connectivity index (χ0v) is 21.0.